The number of rotatable bonds is 6. The zero-order valence-corrected chi connectivity index (χ0v) is 17.6. The molecule has 2 heterocycles. The third-order valence-electron chi connectivity index (χ3n) is 5.65. The van der Waals surface area contributed by atoms with Crippen LogP contribution in [0.5, 0.6) is 0 Å². The Balaban J connectivity index is 1.56. The minimum atomic E-state index is -3.15. The molecule has 0 unspecified atom stereocenters. The first kappa shape index (κ1) is 21.0. The summed E-state index contributed by atoms with van der Waals surface area (Å²) in [6.45, 7) is -0.468. The van der Waals surface area contributed by atoms with Gasteiger partial charge in [-0.25, -0.2) is 13.2 Å². The molecule has 0 aliphatic carbocycles. The van der Waals surface area contributed by atoms with Gasteiger partial charge in [-0.1, -0.05) is 60.7 Å². The second-order valence-electron chi connectivity index (χ2n) is 7.92. The van der Waals surface area contributed by atoms with Gasteiger partial charge in [-0.2, -0.15) is 0 Å². The van der Waals surface area contributed by atoms with Crippen LogP contribution in [0.1, 0.15) is 17.5 Å². The number of imide groups is 1. The Morgan fingerprint density at radius 2 is 1.71 bits per heavy atom. The summed E-state index contributed by atoms with van der Waals surface area (Å²) < 4.78 is 23.2. The van der Waals surface area contributed by atoms with Crippen LogP contribution in [0.25, 0.3) is 0 Å². The summed E-state index contributed by atoms with van der Waals surface area (Å²) in [5.41, 5.74) is 0.168. The molecule has 2 aliphatic rings. The molecule has 2 aromatic carbocycles. The van der Waals surface area contributed by atoms with Gasteiger partial charge in [0.05, 0.1) is 11.5 Å². The highest BCUT2D eigenvalue weighted by atomic mass is 32.2. The third kappa shape index (κ3) is 4.32. The Morgan fingerprint density at radius 1 is 1.06 bits per heavy atom. The first-order valence-electron chi connectivity index (χ1n) is 10.0. The summed E-state index contributed by atoms with van der Waals surface area (Å²) >= 11 is 0. The lowest BCUT2D eigenvalue weighted by Gasteiger charge is -2.27. The maximum absolute atomic E-state index is 13.5. The molecule has 2 aliphatic heterocycles. The molecule has 9 heteroatoms. The fourth-order valence-corrected chi connectivity index (χ4v) is 5.81. The first-order chi connectivity index (χ1) is 14.8. The zero-order chi connectivity index (χ0) is 22.1. The lowest BCUT2D eigenvalue weighted by molar-refractivity contribution is -0.135. The maximum Gasteiger partial charge on any atom is 0.325 e. The Bertz CT molecular complexity index is 1100. The molecule has 4 amide bonds. The number of benzene rings is 2. The molecule has 2 atom stereocenters. The smallest absolute Gasteiger partial charge is 0.325 e. The number of nitrogens with zero attached hydrogens (tertiary/aromatic N) is 1. The van der Waals surface area contributed by atoms with E-state index in [0.717, 1.165) is 10.5 Å². The van der Waals surface area contributed by atoms with Gasteiger partial charge in [0.1, 0.15) is 6.54 Å². The van der Waals surface area contributed by atoms with Crippen molar-refractivity contribution in [2.45, 2.75) is 24.4 Å². The van der Waals surface area contributed by atoms with Crippen molar-refractivity contribution in [3.05, 3.63) is 71.8 Å². The second-order valence-corrected chi connectivity index (χ2v) is 10.2. The number of amides is 4. The van der Waals surface area contributed by atoms with Crippen molar-refractivity contribution in [3.63, 3.8) is 0 Å². The zero-order valence-electron chi connectivity index (χ0n) is 16.8. The van der Waals surface area contributed by atoms with Gasteiger partial charge in [-0.15, -0.1) is 0 Å². The molecule has 2 saturated heterocycles. The summed E-state index contributed by atoms with van der Waals surface area (Å²) in [5, 5.41) is 5.43. The van der Waals surface area contributed by atoms with Gasteiger partial charge in [0.2, 0.25) is 5.91 Å². The number of sulfone groups is 1. The van der Waals surface area contributed by atoms with Gasteiger partial charge in [0, 0.05) is 12.5 Å². The van der Waals surface area contributed by atoms with Gasteiger partial charge in [-0.3, -0.25) is 14.5 Å². The molecule has 2 fully saturated rings. The van der Waals surface area contributed by atoms with E-state index >= 15 is 0 Å². The van der Waals surface area contributed by atoms with Crippen LogP contribution in [0, 0.1) is 0 Å². The summed E-state index contributed by atoms with van der Waals surface area (Å²) in [6, 6.07) is 17.1. The fraction of sp³-hybridized carbons (Fsp3) is 0.318. The van der Waals surface area contributed by atoms with Gasteiger partial charge < -0.3 is 10.6 Å². The molecule has 8 nitrogen and oxygen atoms in total. The molecule has 0 spiro atoms. The van der Waals surface area contributed by atoms with Crippen molar-refractivity contribution >= 4 is 27.7 Å². The highest BCUT2D eigenvalue weighted by Gasteiger charge is 2.52. The molecule has 0 radical (unpaired) electrons. The van der Waals surface area contributed by atoms with Crippen molar-refractivity contribution in [2.24, 2.45) is 0 Å². The number of carbonyl (C=O) groups excluding carboxylic acids is 3. The number of hydrogen-bond acceptors (Lipinski definition) is 5. The minimum Gasteiger partial charge on any atom is -0.351 e. The average Bonchev–Trinajstić information content (AvgIpc) is 3.20. The third-order valence-corrected chi connectivity index (χ3v) is 7.42. The monoisotopic (exact) mass is 441 g/mol. The quantitative estimate of drug-likeness (QED) is 0.649. The lowest BCUT2D eigenvalue weighted by atomic mass is 9.83. The Kier molecular flexibility index (Phi) is 5.53. The summed E-state index contributed by atoms with van der Waals surface area (Å²) in [4.78, 5) is 39.6. The van der Waals surface area contributed by atoms with Crippen LogP contribution in [0.3, 0.4) is 0 Å². The summed E-state index contributed by atoms with van der Waals surface area (Å²) in [7, 11) is -3.15. The Hall–Kier alpha value is -3.20. The van der Waals surface area contributed by atoms with E-state index < -0.39 is 45.8 Å². The van der Waals surface area contributed by atoms with E-state index in [4.69, 9.17) is 0 Å². The number of hydrogen-bond donors (Lipinski definition) is 2. The molecular weight excluding hydrogens is 418 g/mol. The molecule has 2 N–H and O–H groups in total. The highest BCUT2D eigenvalue weighted by molar-refractivity contribution is 7.91. The van der Waals surface area contributed by atoms with Crippen LogP contribution in [-0.4, -0.2) is 55.3 Å². The second kappa shape index (κ2) is 8.14. The van der Waals surface area contributed by atoms with E-state index in [2.05, 4.69) is 10.6 Å². The number of urea groups is 1. The maximum atomic E-state index is 13.5. The molecule has 0 bridgehead atoms. The topological polar surface area (TPSA) is 113 Å². The summed E-state index contributed by atoms with van der Waals surface area (Å²) in [5.74, 6) is -1.17. The van der Waals surface area contributed by atoms with E-state index in [9.17, 15) is 22.8 Å². The lowest BCUT2D eigenvalue weighted by Crippen LogP contribution is -2.47. The first-order valence-corrected chi connectivity index (χ1v) is 11.8. The van der Waals surface area contributed by atoms with Gasteiger partial charge in [-0.05, 0) is 17.5 Å². The van der Waals surface area contributed by atoms with Crippen molar-refractivity contribution < 1.29 is 22.8 Å². The van der Waals surface area contributed by atoms with Crippen LogP contribution in [0.15, 0.2) is 60.7 Å². The Labute approximate surface area is 180 Å². The van der Waals surface area contributed by atoms with Gasteiger partial charge in [0.25, 0.3) is 5.91 Å². The predicted molar refractivity (Wildman–Crippen MR) is 114 cm³/mol. The number of carbonyl (C=O) groups is 3. The molecular formula is C22H23N3O5S. The van der Waals surface area contributed by atoms with Gasteiger partial charge >= 0.3 is 6.03 Å². The molecule has 4 rings (SSSR count). The molecule has 2 aromatic rings. The highest BCUT2D eigenvalue weighted by Crippen LogP contribution is 2.33. The van der Waals surface area contributed by atoms with Crippen molar-refractivity contribution in [3.8, 4) is 0 Å². The molecule has 162 valence electrons. The Morgan fingerprint density at radius 3 is 2.32 bits per heavy atom. The van der Waals surface area contributed by atoms with Crippen LogP contribution in [0.2, 0.25) is 0 Å². The van der Waals surface area contributed by atoms with Crippen LogP contribution >= 0.6 is 0 Å². The van der Waals surface area contributed by atoms with Crippen molar-refractivity contribution in [2.75, 3.05) is 18.1 Å². The minimum absolute atomic E-state index is 0.0231. The normalized spacial score (nSPS) is 24.8. The van der Waals surface area contributed by atoms with E-state index in [1.807, 2.05) is 36.4 Å². The fourth-order valence-electron chi connectivity index (χ4n) is 4.14. The van der Waals surface area contributed by atoms with E-state index in [0.29, 0.717) is 12.0 Å². The van der Waals surface area contributed by atoms with Crippen LogP contribution in [-0.2, 0) is 31.4 Å². The molecule has 31 heavy (non-hydrogen) atoms. The summed E-state index contributed by atoms with van der Waals surface area (Å²) in [6.07, 6.45) is 0.567. The largest absolute Gasteiger partial charge is 0.351 e. The van der Waals surface area contributed by atoms with E-state index in [1.165, 1.54) is 0 Å². The molecule has 0 aromatic heterocycles. The van der Waals surface area contributed by atoms with E-state index in [1.54, 1.807) is 24.3 Å². The standard InChI is InChI=1S/C22H23N3O5S/c26-19(23-18-11-12-31(29,30)15-18)14-25-20(27)22(24-21(25)28,17-9-5-2-6-10-17)13-16-7-3-1-4-8-16/h1-10,18H,11-15H2,(H,23,26)(H,24,28)/t18-,22-/m0/s1. The van der Waals surface area contributed by atoms with Crippen LogP contribution in [0.4, 0.5) is 4.79 Å². The van der Waals surface area contributed by atoms with Crippen LogP contribution < -0.4 is 10.6 Å². The predicted octanol–water partition coefficient (Wildman–Crippen LogP) is 0.980. The van der Waals surface area contributed by atoms with E-state index in [-0.39, 0.29) is 17.9 Å². The SMILES string of the molecule is O=C(CN1C(=O)N[C@@](Cc2ccccc2)(c2ccccc2)C1=O)N[C@H]1CCS(=O)(=O)C1. The van der Waals surface area contributed by atoms with Crippen molar-refractivity contribution in [1.29, 1.82) is 0 Å². The van der Waals surface area contributed by atoms with Gasteiger partial charge in [0.15, 0.2) is 15.4 Å². The molecule has 0 saturated carbocycles. The number of nitrogens with one attached hydrogen (secondary N) is 2. The van der Waals surface area contributed by atoms with Crippen molar-refractivity contribution in [1.82, 2.24) is 15.5 Å². The average molecular weight is 442 g/mol.